The summed E-state index contributed by atoms with van der Waals surface area (Å²) in [6.07, 6.45) is 3.47. The Morgan fingerprint density at radius 1 is 0.952 bits per heavy atom. The standard InChI is InChI=1S/C15H29N5O/c1-17-5-3-14(4-6-17)18-8-10-19(11-9-18)15(21)13-2-7-20(16)12-13/h13-14H,2-12,16H2,1H3. The first-order valence-corrected chi connectivity index (χ1v) is 8.34. The van der Waals surface area contributed by atoms with Crippen molar-refractivity contribution in [2.24, 2.45) is 11.8 Å². The molecular weight excluding hydrogens is 266 g/mol. The number of carbonyl (C=O) groups is 1. The molecule has 3 fully saturated rings. The molecular formula is C15H29N5O. The number of nitrogens with two attached hydrogens (primary N) is 1. The van der Waals surface area contributed by atoms with E-state index in [-0.39, 0.29) is 5.92 Å². The topological polar surface area (TPSA) is 56.0 Å². The zero-order chi connectivity index (χ0) is 14.8. The minimum atomic E-state index is 0.130. The van der Waals surface area contributed by atoms with Crippen molar-refractivity contribution >= 4 is 5.91 Å². The Morgan fingerprint density at radius 2 is 1.62 bits per heavy atom. The second kappa shape index (κ2) is 6.60. The van der Waals surface area contributed by atoms with Crippen LogP contribution in [0, 0.1) is 5.92 Å². The van der Waals surface area contributed by atoms with Crippen LogP contribution >= 0.6 is 0 Å². The average Bonchev–Trinajstić information content (AvgIpc) is 2.94. The molecule has 1 atom stereocenters. The van der Waals surface area contributed by atoms with Gasteiger partial charge in [-0.2, -0.15) is 0 Å². The number of hydrogen-bond donors (Lipinski definition) is 1. The fourth-order valence-corrected chi connectivity index (χ4v) is 3.91. The third-order valence-electron chi connectivity index (χ3n) is 5.40. The third-order valence-corrected chi connectivity index (χ3v) is 5.40. The number of amides is 1. The monoisotopic (exact) mass is 295 g/mol. The van der Waals surface area contributed by atoms with Crippen molar-refractivity contribution in [3.8, 4) is 0 Å². The van der Waals surface area contributed by atoms with Crippen LogP contribution in [0.1, 0.15) is 19.3 Å². The zero-order valence-corrected chi connectivity index (χ0v) is 13.2. The Hall–Kier alpha value is -0.690. The summed E-state index contributed by atoms with van der Waals surface area (Å²) in [5.41, 5.74) is 0. The summed E-state index contributed by atoms with van der Waals surface area (Å²) in [4.78, 5) is 19.6. The second-order valence-electron chi connectivity index (χ2n) is 6.88. The van der Waals surface area contributed by atoms with Crippen molar-refractivity contribution in [3.05, 3.63) is 0 Å². The first-order valence-electron chi connectivity index (χ1n) is 8.34. The predicted octanol–water partition coefficient (Wildman–Crippen LogP) is -0.580. The van der Waals surface area contributed by atoms with Gasteiger partial charge in [0.25, 0.3) is 0 Å². The van der Waals surface area contributed by atoms with Crippen molar-refractivity contribution in [3.63, 3.8) is 0 Å². The number of carbonyl (C=O) groups excluding carboxylic acids is 1. The van der Waals surface area contributed by atoms with E-state index in [9.17, 15) is 4.79 Å². The molecule has 0 aromatic carbocycles. The average molecular weight is 295 g/mol. The highest BCUT2D eigenvalue weighted by atomic mass is 16.2. The molecule has 6 nitrogen and oxygen atoms in total. The molecule has 0 aliphatic carbocycles. The summed E-state index contributed by atoms with van der Waals surface area (Å²) < 4.78 is 0. The van der Waals surface area contributed by atoms with Crippen LogP contribution in [0.15, 0.2) is 0 Å². The van der Waals surface area contributed by atoms with E-state index in [4.69, 9.17) is 5.84 Å². The molecule has 0 bridgehead atoms. The molecule has 0 aromatic rings. The van der Waals surface area contributed by atoms with Gasteiger partial charge in [0.15, 0.2) is 0 Å². The maximum Gasteiger partial charge on any atom is 0.227 e. The molecule has 21 heavy (non-hydrogen) atoms. The summed E-state index contributed by atoms with van der Waals surface area (Å²) in [6.45, 7) is 7.87. The SMILES string of the molecule is CN1CCC(N2CCN(C(=O)C3CCN(N)C3)CC2)CC1. The Morgan fingerprint density at radius 3 is 2.19 bits per heavy atom. The number of piperidine rings is 1. The molecule has 3 heterocycles. The van der Waals surface area contributed by atoms with Gasteiger partial charge in [0.2, 0.25) is 5.91 Å². The van der Waals surface area contributed by atoms with E-state index >= 15 is 0 Å². The van der Waals surface area contributed by atoms with Gasteiger partial charge in [-0.1, -0.05) is 0 Å². The molecule has 3 saturated heterocycles. The molecule has 2 N–H and O–H groups in total. The van der Waals surface area contributed by atoms with E-state index in [1.54, 1.807) is 5.01 Å². The van der Waals surface area contributed by atoms with Crippen molar-refractivity contribution in [2.45, 2.75) is 25.3 Å². The number of nitrogens with zero attached hydrogens (tertiary/aromatic N) is 4. The molecule has 3 aliphatic rings. The predicted molar refractivity (Wildman–Crippen MR) is 82.5 cm³/mol. The van der Waals surface area contributed by atoms with Gasteiger partial charge in [0.05, 0.1) is 5.92 Å². The summed E-state index contributed by atoms with van der Waals surface area (Å²) in [5, 5.41) is 1.78. The van der Waals surface area contributed by atoms with Crippen molar-refractivity contribution in [2.75, 3.05) is 59.4 Å². The van der Waals surface area contributed by atoms with Gasteiger partial charge in [-0.25, -0.2) is 5.01 Å². The van der Waals surface area contributed by atoms with Crippen LogP contribution in [-0.2, 0) is 4.79 Å². The lowest BCUT2D eigenvalue weighted by atomic mass is 10.0. The molecule has 0 saturated carbocycles. The highest BCUT2D eigenvalue weighted by molar-refractivity contribution is 5.79. The first kappa shape index (κ1) is 15.2. The largest absolute Gasteiger partial charge is 0.340 e. The lowest BCUT2D eigenvalue weighted by Crippen LogP contribution is -2.55. The number of rotatable bonds is 2. The summed E-state index contributed by atoms with van der Waals surface area (Å²) in [7, 11) is 2.20. The Balaban J connectivity index is 1.45. The third kappa shape index (κ3) is 3.56. The molecule has 0 spiro atoms. The maximum atomic E-state index is 12.5. The van der Waals surface area contributed by atoms with Crippen LogP contribution in [0.3, 0.4) is 0 Å². The van der Waals surface area contributed by atoms with Crippen molar-refractivity contribution in [1.29, 1.82) is 0 Å². The zero-order valence-electron chi connectivity index (χ0n) is 13.2. The van der Waals surface area contributed by atoms with Crippen LogP contribution in [-0.4, -0.2) is 91.1 Å². The van der Waals surface area contributed by atoms with Gasteiger partial charge in [-0.05, 0) is 39.4 Å². The van der Waals surface area contributed by atoms with Crippen molar-refractivity contribution < 1.29 is 4.79 Å². The smallest absolute Gasteiger partial charge is 0.227 e. The van der Waals surface area contributed by atoms with E-state index in [2.05, 4.69) is 21.7 Å². The van der Waals surface area contributed by atoms with E-state index in [0.717, 1.165) is 51.7 Å². The Kier molecular flexibility index (Phi) is 4.78. The molecule has 3 aliphatic heterocycles. The molecule has 1 amide bonds. The second-order valence-corrected chi connectivity index (χ2v) is 6.88. The summed E-state index contributed by atoms with van der Waals surface area (Å²) in [5.74, 6) is 6.23. The Labute approximate surface area is 127 Å². The van der Waals surface area contributed by atoms with Crippen LogP contribution in [0.2, 0.25) is 0 Å². The van der Waals surface area contributed by atoms with Crippen LogP contribution in [0.25, 0.3) is 0 Å². The van der Waals surface area contributed by atoms with Gasteiger partial charge in [0.1, 0.15) is 0 Å². The van der Waals surface area contributed by atoms with E-state index in [0.29, 0.717) is 5.91 Å². The molecule has 120 valence electrons. The number of hydrazine groups is 1. The first-order chi connectivity index (χ1) is 10.1. The molecule has 1 unspecified atom stereocenters. The summed E-state index contributed by atoms with van der Waals surface area (Å²) in [6, 6.07) is 0.726. The molecule has 3 rings (SSSR count). The lowest BCUT2D eigenvalue weighted by Gasteiger charge is -2.42. The maximum absolute atomic E-state index is 12.5. The van der Waals surface area contributed by atoms with E-state index in [1.807, 2.05) is 0 Å². The van der Waals surface area contributed by atoms with Gasteiger partial charge in [0, 0.05) is 45.3 Å². The van der Waals surface area contributed by atoms with Gasteiger partial charge >= 0.3 is 0 Å². The molecule has 0 radical (unpaired) electrons. The number of piperazine rings is 1. The van der Waals surface area contributed by atoms with Crippen LogP contribution in [0.5, 0.6) is 0 Å². The van der Waals surface area contributed by atoms with E-state index in [1.165, 1.54) is 25.9 Å². The number of likely N-dealkylation sites (tertiary alicyclic amines) is 1. The van der Waals surface area contributed by atoms with Crippen LogP contribution < -0.4 is 5.84 Å². The molecule has 6 heteroatoms. The normalized spacial score (nSPS) is 31.0. The van der Waals surface area contributed by atoms with Gasteiger partial charge < -0.3 is 9.80 Å². The number of hydrogen-bond acceptors (Lipinski definition) is 5. The fourth-order valence-electron chi connectivity index (χ4n) is 3.91. The lowest BCUT2D eigenvalue weighted by molar-refractivity contribution is -0.137. The van der Waals surface area contributed by atoms with Crippen LogP contribution in [0.4, 0.5) is 0 Å². The summed E-state index contributed by atoms with van der Waals surface area (Å²) >= 11 is 0. The quantitative estimate of drug-likeness (QED) is 0.691. The van der Waals surface area contributed by atoms with Gasteiger partial charge in [-0.15, -0.1) is 0 Å². The highest BCUT2D eigenvalue weighted by Crippen LogP contribution is 2.20. The fraction of sp³-hybridized carbons (Fsp3) is 0.933. The minimum Gasteiger partial charge on any atom is -0.340 e. The van der Waals surface area contributed by atoms with Gasteiger partial charge in [-0.3, -0.25) is 15.5 Å². The Bertz CT molecular complexity index is 361. The molecule has 0 aromatic heterocycles. The van der Waals surface area contributed by atoms with Crippen molar-refractivity contribution in [1.82, 2.24) is 19.7 Å². The van der Waals surface area contributed by atoms with E-state index < -0.39 is 0 Å². The highest BCUT2D eigenvalue weighted by Gasteiger charge is 2.33. The minimum absolute atomic E-state index is 0.130.